The highest BCUT2D eigenvalue weighted by atomic mass is 19.1. The molecule has 0 unspecified atom stereocenters. The van der Waals surface area contributed by atoms with Gasteiger partial charge in [0.1, 0.15) is 24.8 Å². The minimum atomic E-state index is -1.06. The van der Waals surface area contributed by atoms with E-state index in [1.807, 2.05) is 0 Å². The molecule has 26 heavy (non-hydrogen) atoms. The maximum atomic E-state index is 12.9. The lowest BCUT2D eigenvalue weighted by Gasteiger charge is -2.01. The van der Waals surface area contributed by atoms with Crippen LogP contribution in [0.2, 0.25) is 0 Å². The molecule has 2 rings (SSSR count). The van der Waals surface area contributed by atoms with E-state index in [0.717, 1.165) is 0 Å². The second-order valence-electron chi connectivity index (χ2n) is 4.99. The summed E-state index contributed by atoms with van der Waals surface area (Å²) >= 11 is 0. The SMILES string of the molecule is O=C(O)COCc1cccc(F)c1.O=C(O)COCc1ccccc1F. The fraction of sp³-hybridized carbons (Fsp3) is 0.222. The topological polar surface area (TPSA) is 93.1 Å². The van der Waals surface area contributed by atoms with Crippen molar-refractivity contribution < 1.29 is 38.1 Å². The number of hydrogen-bond acceptors (Lipinski definition) is 4. The van der Waals surface area contributed by atoms with Gasteiger partial charge in [-0.05, 0) is 23.8 Å². The molecule has 2 N–H and O–H groups in total. The van der Waals surface area contributed by atoms with Gasteiger partial charge in [-0.15, -0.1) is 0 Å². The van der Waals surface area contributed by atoms with Crippen molar-refractivity contribution in [1.82, 2.24) is 0 Å². The Labute approximate surface area is 148 Å². The summed E-state index contributed by atoms with van der Waals surface area (Å²) in [7, 11) is 0. The lowest BCUT2D eigenvalue weighted by molar-refractivity contribution is -0.143. The summed E-state index contributed by atoms with van der Waals surface area (Å²) in [6.45, 7) is -0.673. The summed E-state index contributed by atoms with van der Waals surface area (Å²) in [5.74, 6) is -2.82. The normalized spacial score (nSPS) is 9.92. The maximum Gasteiger partial charge on any atom is 0.329 e. The number of carboxylic acids is 2. The molecule has 6 nitrogen and oxygen atoms in total. The zero-order valence-corrected chi connectivity index (χ0v) is 13.7. The van der Waals surface area contributed by atoms with Gasteiger partial charge >= 0.3 is 11.9 Å². The third-order valence-electron chi connectivity index (χ3n) is 2.82. The minimum Gasteiger partial charge on any atom is -0.480 e. The quantitative estimate of drug-likeness (QED) is 0.744. The molecule has 0 atom stereocenters. The first-order chi connectivity index (χ1) is 12.4. The van der Waals surface area contributed by atoms with Gasteiger partial charge in [0.25, 0.3) is 0 Å². The average Bonchev–Trinajstić information content (AvgIpc) is 2.57. The molecule has 0 spiro atoms. The first kappa shape index (κ1) is 21.2. The van der Waals surface area contributed by atoms with Crippen LogP contribution in [0.5, 0.6) is 0 Å². The number of aliphatic carboxylic acids is 2. The number of benzene rings is 2. The van der Waals surface area contributed by atoms with Crippen LogP contribution < -0.4 is 0 Å². The molecule has 0 aliphatic rings. The molecule has 0 aromatic heterocycles. The fourth-order valence-corrected chi connectivity index (χ4v) is 1.75. The molecule has 0 fully saturated rings. The maximum absolute atomic E-state index is 12.9. The van der Waals surface area contributed by atoms with E-state index in [2.05, 4.69) is 0 Å². The Hall–Kier alpha value is -2.84. The van der Waals surface area contributed by atoms with Crippen LogP contribution in [0.1, 0.15) is 11.1 Å². The van der Waals surface area contributed by atoms with Crippen LogP contribution in [-0.2, 0) is 32.3 Å². The largest absolute Gasteiger partial charge is 0.480 e. The molecule has 0 amide bonds. The van der Waals surface area contributed by atoms with E-state index in [-0.39, 0.29) is 31.5 Å². The summed E-state index contributed by atoms with van der Waals surface area (Å²) in [6.07, 6.45) is 0. The van der Waals surface area contributed by atoms with Crippen LogP contribution in [0.15, 0.2) is 48.5 Å². The molecule has 0 radical (unpaired) electrons. The minimum absolute atomic E-state index is 0.0149. The van der Waals surface area contributed by atoms with Crippen LogP contribution in [0.4, 0.5) is 8.78 Å². The molecule has 0 aliphatic heterocycles. The summed E-state index contributed by atoms with van der Waals surface area (Å²) < 4.78 is 35.0. The van der Waals surface area contributed by atoms with Crippen molar-refractivity contribution in [3.05, 3.63) is 71.3 Å². The van der Waals surface area contributed by atoms with Crippen molar-refractivity contribution in [1.29, 1.82) is 0 Å². The molecule has 0 saturated heterocycles. The Morgan fingerprint density at radius 3 is 2.04 bits per heavy atom. The molecular weight excluding hydrogens is 350 g/mol. The number of hydrogen-bond donors (Lipinski definition) is 2. The molecule has 0 heterocycles. The summed E-state index contributed by atoms with van der Waals surface area (Å²) in [6, 6.07) is 11.9. The lowest BCUT2D eigenvalue weighted by atomic mass is 10.2. The van der Waals surface area contributed by atoms with E-state index < -0.39 is 18.5 Å². The summed E-state index contributed by atoms with van der Waals surface area (Å²) in [5.41, 5.74) is 0.991. The Bertz CT molecular complexity index is 720. The van der Waals surface area contributed by atoms with Gasteiger partial charge in [0.2, 0.25) is 0 Å². The second kappa shape index (κ2) is 11.7. The Morgan fingerprint density at radius 2 is 1.46 bits per heavy atom. The molecule has 0 saturated carbocycles. The highest BCUT2D eigenvalue weighted by Gasteiger charge is 2.02. The third-order valence-corrected chi connectivity index (χ3v) is 2.82. The van der Waals surface area contributed by atoms with E-state index in [1.165, 1.54) is 18.2 Å². The van der Waals surface area contributed by atoms with Gasteiger partial charge in [-0.25, -0.2) is 18.4 Å². The van der Waals surface area contributed by atoms with Crippen LogP contribution in [0.3, 0.4) is 0 Å². The highest BCUT2D eigenvalue weighted by molar-refractivity contribution is 5.68. The lowest BCUT2D eigenvalue weighted by Crippen LogP contribution is -2.07. The molecule has 8 heteroatoms. The molecule has 0 aliphatic carbocycles. The molecule has 140 valence electrons. The van der Waals surface area contributed by atoms with Crippen LogP contribution in [0, 0.1) is 11.6 Å². The van der Waals surface area contributed by atoms with Crippen molar-refractivity contribution >= 4 is 11.9 Å². The van der Waals surface area contributed by atoms with Crippen molar-refractivity contribution in [3.63, 3.8) is 0 Å². The van der Waals surface area contributed by atoms with Gasteiger partial charge in [-0.3, -0.25) is 0 Å². The zero-order valence-electron chi connectivity index (χ0n) is 13.7. The first-order valence-electron chi connectivity index (χ1n) is 7.45. The van der Waals surface area contributed by atoms with E-state index in [4.69, 9.17) is 19.7 Å². The highest BCUT2D eigenvalue weighted by Crippen LogP contribution is 2.07. The Balaban J connectivity index is 0.000000260. The Kier molecular flexibility index (Phi) is 9.52. The van der Waals surface area contributed by atoms with Crippen LogP contribution in [-0.4, -0.2) is 35.4 Å². The molecule has 0 bridgehead atoms. The number of ether oxygens (including phenoxy) is 2. The van der Waals surface area contributed by atoms with E-state index >= 15 is 0 Å². The number of carboxylic acid groups (broad SMARTS) is 2. The summed E-state index contributed by atoms with van der Waals surface area (Å²) in [5, 5.41) is 16.5. The number of carbonyl (C=O) groups is 2. The van der Waals surface area contributed by atoms with Gasteiger partial charge < -0.3 is 19.7 Å². The van der Waals surface area contributed by atoms with Gasteiger partial charge in [-0.2, -0.15) is 0 Å². The van der Waals surface area contributed by atoms with Crippen LogP contribution in [0.25, 0.3) is 0 Å². The van der Waals surface area contributed by atoms with Gasteiger partial charge in [0.05, 0.1) is 13.2 Å². The predicted octanol–water partition coefficient (Wildman–Crippen LogP) is 2.85. The molecule has 2 aromatic carbocycles. The van der Waals surface area contributed by atoms with Crippen molar-refractivity contribution in [2.75, 3.05) is 13.2 Å². The smallest absolute Gasteiger partial charge is 0.329 e. The second-order valence-corrected chi connectivity index (χ2v) is 4.99. The van der Waals surface area contributed by atoms with Crippen molar-refractivity contribution in [3.8, 4) is 0 Å². The average molecular weight is 368 g/mol. The zero-order chi connectivity index (χ0) is 19.4. The standard InChI is InChI=1S/2C9H9FO3/c10-8-3-1-2-7(4-8)5-13-6-9(11)12;10-8-4-2-1-3-7(8)5-13-6-9(11)12/h2*1-4H,5-6H2,(H,11,12). The number of rotatable bonds is 8. The molecule has 2 aromatic rings. The van der Waals surface area contributed by atoms with E-state index in [9.17, 15) is 18.4 Å². The van der Waals surface area contributed by atoms with Crippen LogP contribution >= 0.6 is 0 Å². The van der Waals surface area contributed by atoms with E-state index in [0.29, 0.717) is 11.1 Å². The first-order valence-corrected chi connectivity index (χ1v) is 7.45. The van der Waals surface area contributed by atoms with Crippen molar-refractivity contribution in [2.24, 2.45) is 0 Å². The monoisotopic (exact) mass is 368 g/mol. The predicted molar refractivity (Wildman–Crippen MR) is 87.4 cm³/mol. The number of halogens is 2. The van der Waals surface area contributed by atoms with Gasteiger partial charge in [-0.1, -0.05) is 30.3 Å². The van der Waals surface area contributed by atoms with E-state index in [1.54, 1.807) is 30.3 Å². The summed E-state index contributed by atoms with van der Waals surface area (Å²) in [4.78, 5) is 20.1. The van der Waals surface area contributed by atoms with Gasteiger partial charge in [0.15, 0.2) is 0 Å². The van der Waals surface area contributed by atoms with Crippen molar-refractivity contribution in [2.45, 2.75) is 13.2 Å². The fourth-order valence-electron chi connectivity index (χ4n) is 1.75. The van der Waals surface area contributed by atoms with Gasteiger partial charge in [0, 0.05) is 5.56 Å². The molecular formula is C18H18F2O6. The Morgan fingerprint density at radius 1 is 0.846 bits per heavy atom. The third kappa shape index (κ3) is 9.45.